The first kappa shape index (κ1) is 16.6. The topological polar surface area (TPSA) is 114 Å². The van der Waals surface area contributed by atoms with E-state index in [-0.39, 0.29) is 11.1 Å². The molecule has 2 N–H and O–H groups in total. The molecule has 1 aromatic carbocycles. The second-order valence-electron chi connectivity index (χ2n) is 6.12. The zero-order chi connectivity index (χ0) is 19.0. The Bertz CT molecular complexity index is 1160. The molecule has 0 radical (unpaired) electrons. The molecule has 0 spiro atoms. The maximum absolute atomic E-state index is 12.5. The number of carboxylic acid groups (broad SMARTS) is 1. The van der Waals surface area contributed by atoms with Gasteiger partial charge in [0.05, 0.1) is 12.1 Å². The van der Waals surface area contributed by atoms with E-state index in [1.807, 2.05) is 6.07 Å². The molecule has 2 aliphatic heterocycles. The molecule has 2 aliphatic rings. The predicted molar refractivity (Wildman–Crippen MR) is 97.7 cm³/mol. The molecule has 0 bridgehead atoms. The summed E-state index contributed by atoms with van der Waals surface area (Å²) in [7, 11) is 0. The highest BCUT2D eigenvalue weighted by molar-refractivity contribution is 5.87. The van der Waals surface area contributed by atoms with Gasteiger partial charge in [0.25, 0.3) is 5.56 Å². The average Bonchev–Trinajstić information content (AvgIpc) is 2.98. The molecule has 0 aliphatic carbocycles. The van der Waals surface area contributed by atoms with Crippen molar-refractivity contribution in [2.45, 2.75) is 13.5 Å². The second-order valence-corrected chi connectivity index (χ2v) is 6.12. The van der Waals surface area contributed by atoms with Gasteiger partial charge in [-0.2, -0.15) is 4.98 Å². The molecular formula is C19H15N5O3. The van der Waals surface area contributed by atoms with E-state index < -0.39 is 5.97 Å². The van der Waals surface area contributed by atoms with Crippen molar-refractivity contribution in [3.8, 4) is 22.8 Å². The van der Waals surface area contributed by atoms with Crippen LogP contribution in [0.1, 0.15) is 21.6 Å². The van der Waals surface area contributed by atoms with Crippen LogP contribution in [0.25, 0.3) is 22.8 Å². The summed E-state index contributed by atoms with van der Waals surface area (Å²) in [4.78, 5) is 36.3. The molecule has 4 rings (SSSR count). The highest BCUT2D eigenvalue weighted by Gasteiger charge is 2.21. The zero-order valence-corrected chi connectivity index (χ0v) is 14.4. The normalized spacial score (nSPS) is 11.0. The van der Waals surface area contributed by atoms with Gasteiger partial charge in [-0.3, -0.25) is 14.5 Å². The molecule has 0 saturated carbocycles. The number of aromatic carboxylic acids is 1. The van der Waals surface area contributed by atoms with E-state index in [1.165, 1.54) is 6.07 Å². The van der Waals surface area contributed by atoms with Crippen LogP contribution >= 0.6 is 0 Å². The number of nitrogens with zero attached hydrogens (tertiary/aromatic N) is 4. The number of carboxylic acids is 1. The first-order valence-corrected chi connectivity index (χ1v) is 8.23. The Morgan fingerprint density at radius 1 is 1.19 bits per heavy atom. The molecule has 0 unspecified atom stereocenters. The predicted octanol–water partition coefficient (Wildman–Crippen LogP) is 2.19. The summed E-state index contributed by atoms with van der Waals surface area (Å²) in [5.74, 6) is -0.194. The lowest BCUT2D eigenvalue weighted by Gasteiger charge is -2.08. The minimum absolute atomic E-state index is 0.206. The smallest absolute Gasteiger partial charge is 0.335 e. The van der Waals surface area contributed by atoms with Crippen molar-refractivity contribution in [3.05, 3.63) is 76.0 Å². The van der Waals surface area contributed by atoms with Crippen LogP contribution in [0.2, 0.25) is 0 Å². The molecule has 8 nitrogen and oxygen atoms in total. The van der Waals surface area contributed by atoms with E-state index >= 15 is 0 Å². The third-order valence-corrected chi connectivity index (χ3v) is 4.24. The van der Waals surface area contributed by atoms with Crippen LogP contribution in [0.3, 0.4) is 0 Å². The Morgan fingerprint density at radius 3 is 2.70 bits per heavy atom. The number of benzene rings is 1. The van der Waals surface area contributed by atoms with Gasteiger partial charge in [0, 0.05) is 23.7 Å². The van der Waals surface area contributed by atoms with Gasteiger partial charge in [0.15, 0.2) is 11.6 Å². The quantitative estimate of drug-likeness (QED) is 0.576. The van der Waals surface area contributed by atoms with Crippen molar-refractivity contribution < 1.29 is 9.90 Å². The Morgan fingerprint density at radius 2 is 1.96 bits per heavy atom. The van der Waals surface area contributed by atoms with Gasteiger partial charge in [0.2, 0.25) is 0 Å². The number of nitrogens with one attached hydrogen (secondary N) is 1. The highest BCUT2D eigenvalue weighted by atomic mass is 16.4. The lowest BCUT2D eigenvalue weighted by atomic mass is 10.1. The highest BCUT2D eigenvalue weighted by Crippen LogP contribution is 2.23. The largest absolute Gasteiger partial charge is 0.478 e. The molecular weight excluding hydrogens is 346 g/mol. The molecule has 3 heterocycles. The second kappa shape index (κ2) is 6.49. The van der Waals surface area contributed by atoms with Gasteiger partial charge < -0.3 is 10.2 Å². The molecule has 8 heteroatoms. The Labute approximate surface area is 153 Å². The standard InChI is InChI=1S/C19H15N5O3/c1-11-15-17(21-16(22-18(15)25)13-5-7-20-8-6-13)24(23-11)10-12-3-2-4-14(9-12)19(26)27/h2-9,23H,10H2,1H3,(H,26,27). The Balaban J connectivity index is 1.82. The number of rotatable bonds is 4. The summed E-state index contributed by atoms with van der Waals surface area (Å²) >= 11 is 0. The maximum Gasteiger partial charge on any atom is 0.335 e. The fourth-order valence-electron chi connectivity index (χ4n) is 2.99. The van der Waals surface area contributed by atoms with E-state index in [4.69, 9.17) is 5.11 Å². The van der Waals surface area contributed by atoms with Gasteiger partial charge in [-0.15, -0.1) is 0 Å². The first-order valence-electron chi connectivity index (χ1n) is 8.23. The summed E-state index contributed by atoms with van der Waals surface area (Å²) in [6, 6.07) is 10.1. The first-order chi connectivity index (χ1) is 13.0. The number of aryl methyl sites for hydroxylation is 1. The monoisotopic (exact) mass is 361 g/mol. The molecule has 1 aromatic heterocycles. The van der Waals surface area contributed by atoms with Crippen molar-refractivity contribution >= 4 is 5.97 Å². The van der Waals surface area contributed by atoms with Crippen LogP contribution in [0.5, 0.6) is 0 Å². The molecule has 2 aromatic rings. The molecule has 27 heavy (non-hydrogen) atoms. The minimum atomic E-state index is -0.987. The number of fused-ring (bicyclic) bond motifs is 1. The van der Waals surface area contributed by atoms with Crippen LogP contribution in [0.4, 0.5) is 0 Å². The van der Waals surface area contributed by atoms with Crippen molar-refractivity contribution in [1.82, 2.24) is 24.7 Å². The van der Waals surface area contributed by atoms with E-state index in [2.05, 4.69) is 20.1 Å². The molecule has 0 saturated heterocycles. The maximum atomic E-state index is 12.5. The minimum Gasteiger partial charge on any atom is -0.478 e. The van der Waals surface area contributed by atoms with Gasteiger partial charge in [0.1, 0.15) is 5.56 Å². The van der Waals surface area contributed by atoms with E-state index in [0.29, 0.717) is 35.0 Å². The summed E-state index contributed by atoms with van der Waals surface area (Å²) in [5, 5.41) is 12.3. The van der Waals surface area contributed by atoms with E-state index in [9.17, 15) is 9.59 Å². The van der Waals surface area contributed by atoms with Crippen molar-refractivity contribution in [1.29, 1.82) is 0 Å². The Hall–Kier alpha value is -3.81. The van der Waals surface area contributed by atoms with Crippen LogP contribution in [0, 0.1) is 6.92 Å². The lowest BCUT2D eigenvalue weighted by molar-refractivity contribution is 0.0696. The molecule has 0 fully saturated rings. The zero-order valence-electron chi connectivity index (χ0n) is 14.4. The van der Waals surface area contributed by atoms with E-state index in [1.54, 1.807) is 48.3 Å². The number of hydrogen-bond donors (Lipinski definition) is 2. The number of aromatic nitrogens is 5. The van der Waals surface area contributed by atoms with Gasteiger partial charge in [-0.25, -0.2) is 9.78 Å². The molecule has 0 atom stereocenters. The number of pyridine rings is 1. The lowest BCUT2D eigenvalue weighted by Crippen LogP contribution is -2.15. The third kappa shape index (κ3) is 3.08. The number of carbonyl (C=O) groups is 1. The average molecular weight is 361 g/mol. The SMILES string of the molecule is Cc1[nH]n(Cc2cccc(C(=O)O)c2)c2nc(-c3ccncc3)nc(=O)c1-2. The van der Waals surface area contributed by atoms with Gasteiger partial charge >= 0.3 is 5.97 Å². The summed E-state index contributed by atoms with van der Waals surface area (Å²) in [5.41, 5.74) is 2.39. The van der Waals surface area contributed by atoms with Crippen molar-refractivity contribution in [2.24, 2.45) is 0 Å². The Kier molecular flexibility index (Phi) is 4.00. The van der Waals surface area contributed by atoms with Crippen LogP contribution in [-0.2, 0) is 6.54 Å². The van der Waals surface area contributed by atoms with Crippen LogP contribution < -0.4 is 5.56 Å². The third-order valence-electron chi connectivity index (χ3n) is 4.24. The van der Waals surface area contributed by atoms with Crippen LogP contribution in [-0.4, -0.2) is 35.8 Å². The van der Waals surface area contributed by atoms with Gasteiger partial charge in [-0.1, -0.05) is 12.1 Å². The summed E-state index contributed by atoms with van der Waals surface area (Å²) in [6.45, 7) is 2.13. The molecule has 0 amide bonds. The van der Waals surface area contributed by atoms with E-state index in [0.717, 1.165) is 5.56 Å². The van der Waals surface area contributed by atoms with Crippen molar-refractivity contribution in [2.75, 3.05) is 0 Å². The van der Waals surface area contributed by atoms with Crippen LogP contribution in [0.15, 0.2) is 53.6 Å². The fourth-order valence-corrected chi connectivity index (χ4v) is 2.99. The van der Waals surface area contributed by atoms with Crippen molar-refractivity contribution in [3.63, 3.8) is 0 Å². The summed E-state index contributed by atoms with van der Waals surface area (Å²) in [6.07, 6.45) is 3.22. The number of H-pyrrole nitrogens is 1. The fraction of sp³-hybridized carbons (Fsp3) is 0.105. The summed E-state index contributed by atoms with van der Waals surface area (Å²) < 4.78 is 1.72. The molecule has 134 valence electrons. The van der Waals surface area contributed by atoms with Gasteiger partial charge in [-0.05, 0) is 36.8 Å². The number of aromatic amines is 1. The number of hydrogen-bond acceptors (Lipinski definition) is 5.